The molecule has 0 aliphatic rings. The first-order chi connectivity index (χ1) is 7.25. The Labute approximate surface area is 94.5 Å². The average Bonchev–Trinajstić information content (AvgIpc) is 2.09. The zero-order valence-electron chi connectivity index (χ0n) is 10.0. The number of hydrogen-bond acceptors (Lipinski definition) is 1. The van der Waals surface area contributed by atoms with Crippen LogP contribution < -0.4 is 0 Å². The highest BCUT2D eigenvalue weighted by Gasteiger charge is 2.29. The topological polar surface area (TPSA) is 17.1 Å². The van der Waals surface area contributed by atoms with Gasteiger partial charge in [-0.05, 0) is 25.5 Å². The molecule has 0 N–H and O–H groups in total. The molecule has 0 aliphatic carbocycles. The molecule has 0 saturated carbocycles. The SMILES string of the molecule is CC(=O)CC(C)(C)c1c(F)ccc(C)c1F. The van der Waals surface area contributed by atoms with Gasteiger partial charge in [0.15, 0.2) is 0 Å². The maximum absolute atomic E-state index is 13.9. The molecule has 0 bridgehead atoms. The summed E-state index contributed by atoms with van der Waals surface area (Å²) in [6, 6.07) is 2.65. The van der Waals surface area contributed by atoms with Crippen molar-refractivity contribution in [3.8, 4) is 0 Å². The standard InChI is InChI=1S/C13H16F2O/c1-8-5-6-10(14)11(12(8)15)13(3,4)7-9(2)16/h5-6H,7H2,1-4H3. The van der Waals surface area contributed by atoms with Gasteiger partial charge in [-0.15, -0.1) is 0 Å². The van der Waals surface area contributed by atoms with Crippen LogP contribution in [0.3, 0.4) is 0 Å². The minimum atomic E-state index is -0.813. The van der Waals surface area contributed by atoms with Crippen LogP contribution in [0, 0.1) is 18.6 Å². The molecule has 1 nitrogen and oxygen atoms in total. The number of Topliss-reactive ketones (excluding diaryl/α,β-unsaturated/α-hetero) is 1. The maximum atomic E-state index is 13.9. The zero-order valence-corrected chi connectivity index (χ0v) is 10.0. The van der Waals surface area contributed by atoms with Crippen LogP contribution in [-0.4, -0.2) is 5.78 Å². The summed E-state index contributed by atoms with van der Waals surface area (Å²) in [5, 5.41) is 0. The average molecular weight is 226 g/mol. The van der Waals surface area contributed by atoms with E-state index < -0.39 is 17.0 Å². The summed E-state index contributed by atoms with van der Waals surface area (Å²) in [5.74, 6) is -1.22. The molecule has 0 atom stereocenters. The van der Waals surface area contributed by atoms with Crippen molar-refractivity contribution < 1.29 is 13.6 Å². The summed E-state index contributed by atoms with van der Waals surface area (Å²) in [5.41, 5.74) is -0.415. The first kappa shape index (κ1) is 12.8. The van der Waals surface area contributed by atoms with Gasteiger partial charge in [0.05, 0.1) is 0 Å². The molecule has 0 saturated heterocycles. The Morgan fingerprint density at radius 2 is 1.88 bits per heavy atom. The van der Waals surface area contributed by atoms with E-state index in [0.717, 1.165) is 0 Å². The van der Waals surface area contributed by atoms with E-state index >= 15 is 0 Å². The summed E-state index contributed by atoms with van der Waals surface area (Å²) < 4.78 is 27.5. The second kappa shape index (κ2) is 4.32. The third-order valence-corrected chi connectivity index (χ3v) is 2.65. The third-order valence-electron chi connectivity index (χ3n) is 2.65. The summed E-state index contributed by atoms with van der Waals surface area (Å²) in [6.45, 7) is 6.36. The van der Waals surface area contributed by atoms with Crippen LogP contribution in [0.4, 0.5) is 8.78 Å². The molecule has 0 unspecified atom stereocenters. The Morgan fingerprint density at radius 3 is 2.38 bits per heavy atom. The van der Waals surface area contributed by atoms with Crippen molar-refractivity contribution in [3.63, 3.8) is 0 Å². The maximum Gasteiger partial charge on any atom is 0.132 e. The smallest absolute Gasteiger partial charge is 0.132 e. The van der Waals surface area contributed by atoms with Crippen LogP contribution in [0.5, 0.6) is 0 Å². The van der Waals surface area contributed by atoms with Crippen molar-refractivity contribution >= 4 is 5.78 Å². The normalized spacial score (nSPS) is 11.6. The summed E-state index contributed by atoms with van der Waals surface area (Å²) in [4.78, 5) is 11.1. The van der Waals surface area contributed by atoms with Gasteiger partial charge in [0.2, 0.25) is 0 Å². The molecule has 0 fully saturated rings. The molecule has 0 aliphatic heterocycles. The second-order valence-electron chi connectivity index (χ2n) is 4.82. The van der Waals surface area contributed by atoms with E-state index in [2.05, 4.69) is 0 Å². The van der Waals surface area contributed by atoms with Crippen molar-refractivity contribution in [1.82, 2.24) is 0 Å². The molecule has 1 rings (SSSR count). The monoisotopic (exact) mass is 226 g/mol. The summed E-state index contributed by atoms with van der Waals surface area (Å²) >= 11 is 0. The number of hydrogen-bond donors (Lipinski definition) is 0. The fraction of sp³-hybridized carbons (Fsp3) is 0.462. The number of carbonyl (C=O) groups excluding carboxylic acids is 1. The lowest BCUT2D eigenvalue weighted by atomic mass is 9.79. The number of aryl methyl sites for hydroxylation is 1. The van der Waals surface area contributed by atoms with Gasteiger partial charge in [0.25, 0.3) is 0 Å². The number of benzene rings is 1. The van der Waals surface area contributed by atoms with Crippen LogP contribution in [0.15, 0.2) is 12.1 Å². The van der Waals surface area contributed by atoms with Crippen LogP contribution in [0.1, 0.15) is 38.3 Å². The van der Waals surface area contributed by atoms with Gasteiger partial charge in [-0.25, -0.2) is 8.78 Å². The van der Waals surface area contributed by atoms with Gasteiger partial charge in [0, 0.05) is 17.4 Å². The Morgan fingerprint density at radius 1 is 1.31 bits per heavy atom. The quantitative estimate of drug-likeness (QED) is 0.770. The van der Waals surface area contributed by atoms with E-state index in [4.69, 9.17) is 0 Å². The molecule has 1 aromatic carbocycles. The minimum absolute atomic E-state index is 0.00250. The van der Waals surface area contributed by atoms with Crippen LogP contribution >= 0.6 is 0 Å². The van der Waals surface area contributed by atoms with Gasteiger partial charge >= 0.3 is 0 Å². The minimum Gasteiger partial charge on any atom is -0.300 e. The van der Waals surface area contributed by atoms with E-state index in [-0.39, 0.29) is 17.8 Å². The fourth-order valence-corrected chi connectivity index (χ4v) is 1.99. The van der Waals surface area contributed by atoms with Crippen molar-refractivity contribution in [2.45, 2.75) is 39.5 Å². The molecule has 3 heteroatoms. The lowest BCUT2D eigenvalue weighted by Crippen LogP contribution is -2.24. The Balaban J connectivity index is 3.31. The first-order valence-electron chi connectivity index (χ1n) is 5.20. The lowest BCUT2D eigenvalue weighted by Gasteiger charge is -2.25. The Bertz CT molecular complexity index is 422. The molecule has 0 spiro atoms. The van der Waals surface area contributed by atoms with Crippen LogP contribution in [-0.2, 0) is 10.2 Å². The van der Waals surface area contributed by atoms with Crippen molar-refractivity contribution in [3.05, 3.63) is 34.9 Å². The molecule has 16 heavy (non-hydrogen) atoms. The molecule has 1 aromatic rings. The molecular weight excluding hydrogens is 210 g/mol. The molecule has 0 radical (unpaired) electrons. The summed E-state index contributed by atoms with van der Waals surface area (Å²) in [7, 11) is 0. The molecule has 88 valence electrons. The predicted molar refractivity (Wildman–Crippen MR) is 59.4 cm³/mol. The molecular formula is C13H16F2O. The van der Waals surface area contributed by atoms with E-state index in [0.29, 0.717) is 5.56 Å². The van der Waals surface area contributed by atoms with Gasteiger partial charge in [-0.3, -0.25) is 4.79 Å². The van der Waals surface area contributed by atoms with E-state index in [1.165, 1.54) is 19.1 Å². The van der Waals surface area contributed by atoms with Crippen LogP contribution in [0.2, 0.25) is 0 Å². The lowest BCUT2D eigenvalue weighted by molar-refractivity contribution is -0.118. The largest absolute Gasteiger partial charge is 0.300 e. The highest BCUT2D eigenvalue weighted by molar-refractivity contribution is 5.77. The zero-order chi connectivity index (χ0) is 12.5. The highest BCUT2D eigenvalue weighted by atomic mass is 19.1. The van der Waals surface area contributed by atoms with Gasteiger partial charge in [-0.1, -0.05) is 19.9 Å². The second-order valence-corrected chi connectivity index (χ2v) is 4.82. The Kier molecular flexibility index (Phi) is 3.46. The van der Waals surface area contributed by atoms with Gasteiger partial charge in [-0.2, -0.15) is 0 Å². The van der Waals surface area contributed by atoms with E-state index in [1.807, 2.05) is 0 Å². The molecule has 0 heterocycles. The van der Waals surface area contributed by atoms with E-state index in [1.54, 1.807) is 20.8 Å². The molecule has 0 aromatic heterocycles. The van der Waals surface area contributed by atoms with Crippen molar-refractivity contribution in [2.75, 3.05) is 0 Å². The van der Waals surface area contributed by atoms with Crippen molar-refractivity contribution in [1.29, 1.82) is 0 Å². The first-order valence-corrected chi connectivity index (χ1v) is 5.20. The number of halogens is 2. The number of carbonyl (C=O) groups is 1. The van der Waals surface area contributed by atoms with Crippen LogP contribution in [0.25, 0.3) is 0 Å². The number of ketones is 1. The fourth-order valence-electron chi connectivity index (χ4n) is 1.99. The summed E-state index contributed by atoms with van der Waals surface area (Å²) in [6.07, 6.45) is 0.129. The molecule has 0 amide bonds. The van der Waals surface area contributed by atoms with Gasteiger partial charge in [0.1, 0.15) is 17.4 Å². The van der Waals surface area contributed by atoms with E-state index in [9.17, 15) is 13.6 Å². The van der Waals surface area contributed by atoms with Gasteiger partial charge < -0.3 is 0 Å². The van der Waals surface area contributed by atoms with Crippen molar-refractivity contribution in [2.24, 2.45) is 0 Å². The third kappa shape index (κ3) is 2.46. The Hall–Kier alpha value is -1.25. The number of rotatable bonds is 3. The highest BCUT2D eigenvalue weighted by Crippen LogP contribution is 2.32. The predicted octanol–water partition coefficient (Wildman–Crippen LogP) is 3.53.